The van der Waals surface area contributed by atoms with Gasteiger partial charge < -0.3 is 9.84 Å². The van der Waals surface area contributed by atoms with Crippen LogP contribution in [0.15, 0.2) is 0 Å². The van der Waals surface area contributed by atoms with E-state index in [-0.39, 0.29) is 24.5 Å². The van der Waals surface area contributed by atoms with Gasteiger partial charge in [0.15, 0.2) is 0 Å². The molecule has 1 aliphatic rings. The average Bonchev–Trinajstić information content (AvgIpc) is 2.36. The highest BCUT2D eigenvalue weighted by Crippen LogP contribution is 2.21. The van der Waals surface area contributed by atoms with Gasteiger partial charge in [0.2, 0.25) is 0 Å². The third-order valence-electron chi connectivity index (χ3n) is 3.68. The summed E-state index contributed by atoms with van der Waals surface area (Å²) in [5, 5.41) is 9.17. The van der Waals surface area contributed by atoms with Crippen LogP contribution in [0.25, 0.3) is 0 Å². The summed E-state index contributed by atoms with van der Waals surface area (Å²) in [5.74, 6) is 0.0992. The zero-order valence-corrected chi connectivity index (χ0v) is 10.5. The molecule has 16 heavy (non-hydrogen) atoms. The maximum Gasteiger partial charge on any atom is 0.309 e. The van der Waals surface area contributed by atoms with Crippen molar-refractivity contribution in [2.45, 2.75) is 32.7 Å². The van der Waals surface area contributed by atoms with E-state index in [0.29, 0.717) is 5.92 Å². The Labute approximate surface area is 97.6 Å². The Bertz CT molecular complexity index is 232. The van der Waals surface area contributed by atoms with Crippen LogP contribution in [0.1, 0.15) is 26.7 Å². The van der Waals surface area contributed by atoms with E-state index in [9.17, 15) is 4.79 Å². The molecule has 0 amide bonds. The lowest BCUT2D eigenvalue weighted by molar-refractivity contribution is -0.147. The Hall–Kier alpha value is -0.610. The average molecular weight is 229 g/mol. The Morgan fingerprint density at radius 2 is 2.25 bits per heavy atom. The molecule has 3 unspecified atom stereocenters. The summed E-state index contributed by atoms with van der Waals surface area (Å²) in [7, 11) is 1.43. The van der Waals surface area contributed by atoms with Crippen LogP contribution < -0.4 is 0 Å². The molecular weight excluding hydrogens is 206 g/mol. The topological polar surface area (TPSA) is 49.8 Å². The molecule has 1 saturated heterocycles. The van der Waals surface area contributed by atoms with Gasteiger partial charge in [0.05, 0.1) is 13.0 Å². The van der Waals surface area contributed by atoms with Crippen LogP contribution in [0.3, 0.4) is 0 Å². The summed E-state index contributed by atoms with van der Waals surface area (Å²) in [6.45, 7) is 6.11. The first-order chi connectivity index (χ1) is 7.60. The Morgan fingerprint density at radius 3 is 2.81 bits per heavy atom. The van der Waals surface area contributed by atoms with Gasteiger partial charge in [-0.25, -0.2) is 0 Å². The normalized spacial score (nSPS) is 26.1. The fourth-order valence-electron chi connectivity index (χ4n) is 2.32. The lowest BCUT2D eigenvalue weighted by Gasteiger charge is -2.38. The second kappa shape index (κ2) is 6.21. The van der Waals surface area contributed by atoms with Crippen LogP contribution in [0.5, 0.6) is 0 Å². The number of ether oxygens (including phenoxy) is 1. The Balaban J connectivity index is 2.52. The second-order valence-electron chi connectivity index (χ2n) is 4.74. The van der Waals surface area contributed by atoms with Crippen LogP contribution in [0, 0.1) is 11.8 Å². The fourth-order valence-corrected chi connectivity index (χ4v) is 2.32. The maximum absolute atomic E-state index is 11.4. The number of aliphatic hydroxyl groups is 1. The van der Waals surface area contributed by atoms with Gasteiger partial charge in [-0.15, -0.1) is 0 Å². The molecule has 0 spiro atoms. The lowest BCUT2D eigenvalue weighted by atomic mass is 9.94. The largest absolute Gasteiger partial charge is 0.469 e. The van der Waals surface area contributed by atoms with E-state index >= 15 is 0 Å². The first-order valence-electron chi connectivity index (χ1n) is 6.02. The van der Waals surface area contributed by atoms with Crippen molar-refractivity contribution in [1.29, 1.82) is 0 Å². The summed E-state index contributed by atoms with van der Waals surface area (Å²) in [6, 6.07) is 0.182. The van der Waals surface area contributed by atoms with Crippen molar-refractivity contribution in [2.24, 2.45) is 11.8 Å². The van der Waals surface area contributed by atoms with Crippen molar-refractivity contribution in [1.82, 2.24) is 4.90 Å². The van der Waals surface area contributed by atoms with E-state index in [2.05, 4.69) is 11.8 Å². The molecule has 1 rings (SSSR count). The van der Waals surface area contributed by atoms with Crippen molar-refractivity contribution in [3.8, 4) is 0 Å². The number of hydrogen-bond donors (Lipinski definition) is 1. The van der Waals surface area contributed by atoms with Gasteiger partial charge in [0.1, 0.15) is 0 Å². The highest BCUT2D eigenvalue weighted by atomic mass is 16.5. The maximum atomic E-state index is 11.4. The van der Waals surface area contributed by atoms with Gasteiger partial charge in [0.25, 0.3) is 0 Å². The smallest absolute Gasteiger partial charge is 0.309 e. The van der Waals surface area contributed by atoms with Crippen LogP contribution in [-0.4, -0.2) is 48.8 Å². The molecule has 4 nitrogen and oxygen atoms in total. The minimum absolute atomic E-state index is 0.109. The fraction of sp³-hybridized carbons (Fsp3) is 0.917. The number of nitrogens with zero attached hydrogens (tertiary/aromatic N) is 1. The van der Waals surface area contributed by atoms with Gasteiger partial charge in [-0.2, -0.15) is 0 Å². The number of aliphatic hydroxyl groups excluding tert-OH is 1. The molecule has 0 aliphatic carbocycles. The van der Waals surface area contributed by atoms with E-state index in [1.807, 2.05) is 6.92 Å². The number of likely N-dealkylation sites (tertiary alicyclic amines) is 1. The number of hydrogen-bond acceptors (Lipinski definition) is 4. The third kappa shape index (κ3) is 3.19. The lowest BCUT2D eigenvalue weighted by Crippen LogP contribution is -2.46. The van der Waals surface area contributed by atoms with Crippen LogP contribution in [0.4, 0.5) is 0 Å². The predicted octanol–water partition coefficient (Wildman–Crippen LogP) is 0.888. The Morgan fingerprint density at radius 1 is 1.56 bits per heavy atom. The number of piperidine rings is 1. The zero-order chi connectivity index (χ0) is 12.1. The number of esters is 1. The van der Waals surface area contributed by atoms with E-state index in [0.717, 1.165) is 25.9 Å². The molecule has 1 N–H and O–H groups in total. The van der Waals surface area contributed by atoms with E-state index in [1.165, 1.54) is 7.11 Å². The van der Waals surface area contributed by atoms with Crippen molar-refractivity contribution in [2.75, 3.05) is 26.8 Å². The van der Waals surface area contributed by atoms with Crippen molar-refractivity contribution >= 4 is 5.97 Å². The third-order valence-corrected chi connectivity index (χ3v) is 3.68. The summed E-state index contributed by atoms with van der Waals surface area (Å²) in [6.07, 6.45) is 2.19. The summed E-state index contributed by atoms with van der Waals surface area (Å²) in [5.41, 5.74) is 0. The monoisotopic (exact) mass is 229 g/mol. The molecule has 1 fully saturated rings. The quantitative estimate of drug-likeness (QED) is 0.727. The molecule has 0 aromatic rings. The van der Waals surface area contributed by atoms with Crippen molar-refractivity contribution in [3.05, 3.63) is 0 Å². The number of methoxy groups -OCH3 is 1. The van der Waals surface area contributed by atoms with Crippen molar-refractivity contribution in [3.63, 3.8) is 0 Å². The summed E-state index contributed by atoms with van der Waals surface area (Å²) in [4.78, 5) is 13.7. The number of carbonyl (C=O) groups is 1. The van der Waals surface area contributed by atoms with Gasteiger partial charge in [0, 0.05) is 19.2 Å². The van der Waals surface area contributed by atoms with E-state index < -0.39 is 0 Å². The first-order valence-corrected chi connectivity index (χ1v) is 6.02. The molecule has 94 valence electrons. The molecule has 3 atom stereocenters. The standard InChI is InChI=1S/C12H23NO3/c1-9(12(15)16-3)10(2)13-6-4-5-11(7-13)8-14/h9-11,14H,4-8H2,1-3H3. The molecule has 0 bridgehead atoms. The summed E-state index contributed by atoms with van der Waals surface area (Å²) < 4.78 is 4.76. The number of carbonyl (C=O) groups excluding carboxylic acids is 1. The molecule has 0 aromatic carbocycles. The van der Waals surface area contributed by atoms with Gasteiger partial charge in [-0.1, -0.05) is 6.92 Å². The molecule has 4 heteroatoms. The molecule has 0 saturated carbocycles. The minimum Gasteiger partial charge on any atom is -0.469 e. The molecule has 1 aliphatic heterocycles. The molecule has 0 aromatic heterocycles. The van der Waals surface area contributed by atoms with Gasteiger partial charge in [-0.05, 0) is 32.2 Å². The molecular formula is C12H23NO3. The zero-order valence-electron chi connectivity index (χ0n) is 10.5. The van der Waals surface area contributed by atoms with Gasteiger partial charge in [-0.3, -0.25) is 9.69 Å². The second-order valence-corrected chi connectivity index (χ2v) is 4.74. The van der Waals surface area contributed by atoms with Crippen LogP contribution >= 0.6 is 0 Å². The highest BCUT2D eigenvalue weighted by molar-refractivity contribution is 5.72. The van der Waals surface area contributed by atoms with Gasteiger partial charge >= 0.3 is 5.97 Å². The van der Waals surface area contributed by atoms with E-state index in [1.54, 1.807) is 0 Å². The highest BCUT2D eigenvalue weighted by Gasteiger charge is 2.29. The van der Waals surface area contributed by atoms with Crippen molar-refractivity contribution < 1.29 is 14.6 Å². The van der Waals surface area contributed by atoms with E-state index in [4.69, 9.17) is 9.84 Å². The number of rotatable bonds is 4. The molecule has 1 heterocycles. The first kappa shape index (κ1) is 13.5. The minimum atomic E-state index is -0.154. The van der Waals surface area contributed by atoms with Crippen LogP contribution in [0.2, 0.25) is 0 Å². The predicted molar refractivity (Wildman–Crippen MR) is 62.0 cm³/mol. The SMILES string of the molecule is COC(=O)C(C)C(C)N1CCCC(CO)C1. The van der Waals surface area contributed by atoms with Crippen LogP contribution in [-0.2, 0) is 9.53 Å². The molecule has 0 radical (unpaired) electrons. The summed E-state index contributed by atoms with van der Waals surface area (Å²) >= 11 is 0. The Kier molecular flexibility index (Phi) is 5.22.